The minimum absolute atomic E-state index is 0.105. The number of hydrogen-bond acceptors (Lipinski definition) is 4. The van der Waals surface area contributed by atoms with Gasteiger partial charge in [-0.15, -0.1) is 0 Å². The summed E-state index contributed by atoms with van der Waals surface area (Å²) in [5.41, 5.74) is -0.0344. The second-order valence-corrected chi connectivity index (χ2v) is 7.64. The number of nitrogens with zero attached hydrogens (tertiary/aromatic N) is 1. The molecule has 1 aliphatic heterocycles. The van der Waals surface area contributed by atoms with Crippen molar-refractivity contribution in [2.75, 3.05) is 31.6 Å². The molecular weight excluding hydrogens is 340 g/mol. The number of ether oxygens (including phenoxy) is 2. The first kappa shape index (κ1) is 21.7. The van der Waals surface area contributed by atoms with Gasteiger partial charge in [0.05, 0.1) is 0 Å². The summed E-state index contributed by atoms with van der Waals surface area (Å²) < 4.78 is 11.6. The number of amides is 1. The van der Waals surface area contributed by atoms with Gasteiger partial charge in [0.1, 0.15) is 18.0 Å². The van der Waals surface area contributed by atoms with E-state index in [1.807, 2.05) is 45.0 Å². The summed E-state index contributed by atoms with van der Waals surface area (Å²) >= 11 is 0. The number of piperidine rings is 1. The molecule has 1 aromatic rings. The minimum atomic E-state index is -0.795. The van der Waals surface area contributed by atoms with E-state index in [1.165, 1.54) is 25.8 Å². The molecule has 5 heteroatoms. The van der Waals surface area contributed by atoms with Crippen LogP contribution < -0.4 is 10.1 Å². The highest BCUT2D eigenvalue weighted by molar-refractivity contribution is 5.97. The Balaban J connectivity index is 1.81. The fraction of sp³-hybridized carbons (Fsp3) is 0.682. The maximum atomic E-state index is 12.6. The van der Waals surface area contributed by atoms with E-state index >= 15 is 0 Å². The van der Waals surface area contributed by atoms with Gasteiger partial charge in [-0.25, -0.2) is 0 Å². The van der Waals surface area contributed by atoms with E-state index in [0.717, 1.165) is 24.4 Å². The van der Waals surface area contributed by atoms with Crippen LogP contribution in [0.2, 0.25) is 0 Å². The molecule has 0 radical (unpaired) electrons. The highest BCUT2D eigenvalue weighted by Crippen LogP contribution is 2.21. The fourth-order valence-corrected chi connectivity index (χ4v) is 3.32. The van der Waals surface area contributed by atoms with Crippen LogP contribution in [-0.2, 0) is 9.53 Å². The van der Waals surface area contributed by atoms with Crippen LogP contribution in [0.25, 0.3) is 0 Å². The lowest BCUT2D eigenvalue weighted by Gasteiger charge is -2.33. The SMILES string of the molecule is CCCO[C@@](C)(CC)C(=O)Nc1ccc(OCCN2CCCC[C@@H]2C)cc1. The van der Waals surface area contributed by atoms with Crippen LogP contribution in [0.5, 0.6) is 5.75 Å². The largest absolute Gasteiger partial charge is 0.492 e. The van der Waals surface area contributed by atoms with E-state index in [1.54, 1.807) is 0 Å². The number of carbonyl (C=O) groups excluding carboxylic acids is 1. The molecule has 1 fully saturated rings. The maximum absolute atomic E-state index is 12.6. The van der Waals surface area contributed by atoms with Gasteiger partial charge in [-0.3, -0.25) is 9.69 Å². The molecule has 0 aliphatic carbocycles. The Morgan fingerprint density at radius 3 is 2.59 bits per heavy atom. The Bertz CT molecular complexity index is 575. The molecule has 2 atom stereocenters. The molecule has 0 unspecified atom stereocenters. The second kappa shape index (κ2) is 10.7. The van der Waals surface area contributed by atoms with Crippen LogP contribution in [0.15, 0.2) is 24.3 Å². The summed E-state index contributed by atoms with van der Waals surface area (Å²) in [5, 5.41) is 2.96. The van der Waals surface area contributed by atoms with E-state index in [-0.39, 0.29) is 5.91 Å². The van der Waals surface area contributed by atoms with Gasteiger partial charge >= 0.3 is 0 Å². The average Bonchev–Trinajstić information content (AvgIpc) is 2.69. The molecule has 0 saturated carbocycles. The maximum Gasteiger partial charge on any atom is 0.256 e. The monoisotopic (exact) mass is 376 g/mol. The molecule has 0 aromatic heterocycles. The quantitative estimate of drug-likeness (QED) is 0.654. The molecular formula is C22H36N2O3. The third-order valence-electron chi connectivity index (χ3n) is 5.48. The Morgan fingerprint density at radius 2 is 1.96 bits per heavy atom. The van der Waals surface area contributed by atoms with Gasteiger partial charge in [-0.1, -0.05) is 20.3 Å². The lowest BCUT2D eigenvalue weighted by atomic mass is 10.0. The number of nitrogens with one attached hydrogen (secondary N) is 1. The molecule has 2 rings (SSSR count). The smallest absolute Gasteiger partial charge is 0.256 e. The number of carbonyl (C=O) groups is 1. The average molecular weight is 377 g/mol. The van der Waals surface area contributed by atoms with E-state index in [0.29, 0.717) is 25.7 Å². The van der Waals surface area contributed by atoms with Crippen molar-refractivity contribution in [3.63, 3.8) is 0 Å². The Labute approximate surface area is 164 Å². The molecule has 0 spiro atoms. The second-order valence-electron chi connectivity index (χ2n) is 7.64. The molecule has 152 valence electrons. The van der Waals surface area contributed by atoms with E-state index in [9.17, 15) is 4.79 Å². The van der Waals surface area contributed by atoms with Crippen LogP contribution in [0.4, 0.5) is 5.69 Å². The Hall–Kier alpha value is -1.59. The molecule has 0 bridgehead atoms. The van der Waals surface area contributed by atoms with Crippen LogP contribution in [0, 0.1) is 0 Å². The Morgan fingerprint density at radius 1 is 1.22 bits per heavy atom. The third-order valence-corrected chi connectivity index (χ3v) is 5.48. The zero-order valence-electron chi connectivity index (χ0n) is 17.4. The predicted octanol–water partition coefficient (Wildman–Crippen LogP) is 4.47. The highest BCUT2D eigenvalue weighted by Gasteiger charge is 2.32. The van der Waals surface area contributed by atoms with Gasteiger partial charge < -0.3 is 14.8 Å². The normalized spacial score (nSPS) is 20.1. The lowest BCUT2D eigenvalue weighted by Crippen LogP contribution is -2.42. The first-order valence-electron chi connectivity index (χ1n) is 10.4. The van der Waals surface area contributed by atoms with Crippen molar-refractivity contribution < 1.29 is 14.3 Å². The van der Waals surface area contributed by atoms with Crippen LogP contribution >= 0.6 is 0 Å². The van der Waals surface area contributed by atoms with Crippen molar-refractivity contribution >= 4 is 11.6 Å². The number of likely N-dealkylation sites (tertiary alicyclic amines) is 1. The van der Waals surface area contributed by atoms with Gasteiger partial charge in [0, 0.05) is 24.9 Å². The summed E-state index contributed by atoms with van der Waals surface area (Å²) in [6.07, 6.45) is 5.44. The number of hydrogen-bond donors (Lipinski definition) is 1. The number of anilines is 1. The zero-order chi connectivity index (χ0) is 19.7. The number of benzene rings is 1. The van der Waals surface area contributed by atoms with E-state index < -0.39 is 5.60 Å². The molecule has 1 N–H and O–H groups in total. The van der Waals surface area contributed by atoms with Crippen LogP contribution in [0.1, 0.15) is 59.8 Å². The van der Waals surface area contributed by atoms with Gasteiger partial charge in [-0.2, -0.15) is 0 Å². The van der Waals surface area contributed by atoms with Gasteiger partial charge in [-0.05, 0) is 70.3 Å². The summed E-state index contributed by atoms with van der Waals surface area (Å²) in [5.74, 6) is 0.726. The topological polar surface area (TPSA) is 50.8 Å². The molecule has 1 aromatic carbocycles. The summed E-state index contributed by atoms with van der Waals surface area (Å²) in [6, 6.07) is 8.23. The Kier molecular flexibility index (Phi) is 8.58. The first-order valence-corrected chi connectivity index (χ1v) is 10.4. The van der Waals surface area contributed by atoms with Crippen molar-refractivity contribution in [1.82, 2.24) is 4.90 Å². The molecule has 1 saturated heterocycles. The molecule has 27 heavy (non-hydrogen) atoms. The zero-order valence-corrected chi connectivity index (χ0v) is 17.4. The molecule has 1 heterocycles. The first-order chi connectivity index (χ1) is 13.0. The summed E-state index contributed by atoms with van der Waals surface area (Å²) in [6.45, 7) is 11.6. The molecule has 1 amide bonds. The summed E-state index contributed by atoms with van der Waals surface area (Å²) in [7, 11) is 0. The predicted molar refractivity (Wildman–Crippen MR) is 110 cm³/mol. The number of rotatable bonds is 10. The fourth-order valence-electron chi connectivity index (χ4n) is 3.32. The van der Waals surface area contributed by atoms with Gasteiger partial charge in [0.15, 0.2) is 0 Å². The molecule has 1 aliphatic rings. The van der Waals surface area contributed by atoms with Crippen molar-refractivity contribution in [1.29, 1.82) is 0 Å². The third kappa shape index (κ3) is 6.51. The van der Waals surface area contributed by atoms with Gasteiger partial charge in [0.25, 0.3) is 5.91 Å². The summed E-state index contributed by atoms with van der Waals surface area (Å²) in [4.78, 5) is 15.1. The van der Waals surface area contributed by atoms with Crippen molar-refractivity contribution in [3.8, 4) is 5.75 Å². The van der Waals surface area contributed by atoms with E-state index in [2.05, 4.69) is 17.1 Å². The minimum Gasteiger partial charge on any atom is -0.492 e. The molecule has 5 nitrogen and oxygen atoms in total. The van der Waals surface area contributed by atoms with Crippen LogP contribution in [-0.4, -0.2) is 48.8 Å². The van der Waals surface area contributed by atoms with Crippen molar-refractivity contribution in [3.05, 3.63) is 24.3 Å². The van der Waals surface area contributed by atoms with Crippen molar-refractivity contribution in [2.24, 2.45) is 0 Å². The van der Waals surface area contributed by atoms with Crippen LogP contribution in [0.3, 0.4) is 0 Å². The van der Waals surface area contributed by atoms with Gasteiger partial charge in [0.2, 0.25) is 0 Å². The lowest BCUT2D eigenvalue weighted by molar-refractivity contribution is -0.139. The standard InChI is InChI=1S/C22H36N2O3/c1-5-16-27-22(4,6-2)21(25)23-19-10-12-20(13-11-19)26-17-15-24-14-8-7-9-18(24)3/h10-13,18H,5-9,14-17H2,1-4H3,(H,23,25)/t18-,22-/m0/s1. The van der Waals surface area contributed by atoms with E-state index in [4.69, 9.17) is 9.47 Å². The van der Waals surface area contributed by atoms with Crippen molar-refractivity contribution in [2.45, 2.75) is 71.4 Å². The highest BCUT2D eigenvalue weighted by atomic mass is 16.5.